The summed E-state index contributed by atoms with van der Waals surface area (Å²) < 4.78 is 0. The van der Waals surface area contributed by atoms with Crippen LogP contribution in [0, 0.1) is 11.3 Å². The Morgan fingerprint density at radius 2 is 2.00 bits per heavy atom. The van der Waals surface area contributed by atoms with E-state index >= 15 is 0 Å². The highest BCUT2D eigenvalue weighted by atomic mass is 35.5. The molecular formula is C14H15ClN6. The third kappa shape index (κ3) is 3.21. The molecule has 0 atom stereocenters. The van der Waals surface area contributed by atoms with Gasteiger partial charge in [-0.3, -0.25) is 0 Å². The Morgan fingerprint density at radius 1 is 1.29 bits per heavy atom. The summed E-state index contributed by atoms with van der Waals surface area (Å²) in [6.45, 7) is 4.02. The lowest BCUT2D eigenvalue weighted by molar-refractivity contribution is 0.850. The minimum atomic E-state index is 0.143. The van der Waals surface area contributed by atoms with Crippen molar-refractivity contribution in [2.45, 2.75) is 19.8 Å². The van der Waals surface area contributed by atoms with E-state index in [0.717, 1.165) is 5.56 Å². The molecule has 0 aliphatic carbocycles. The zero-order valence-electron chi connectivity index (χ0n) is 11.7. The smallest absolute Gasteiger partial charge is 0.148 e. The molecule has 0 saturated heterocycles. The van der Waals surface area contributed by atoms with Crippen LogP contribution in [0.3, 0.4) is 0 Å². The van der Waals surface area contributed by atoms with Gasteiger partial charge in [0.05, 0.1) is 11.3 Å². The van der Waals surface area contributed by atoms with E-state index in [1.54, 1.807) is 18.2 Å². The van der Waals surface area contributed by atoms with Crippen molar-refractivity contribution < 1.29 is 0 Å². The van der Waals surface area contributed by atoms with Crippen molar-refractivity contribution in [3.63, 3.8) is 0 Å². The van der Waals surface area contributed by atoms with Gasteiger partial charge in [0.25, 0.3) is 0 Å². The Balaban J connectivity index is 2.50. The van der Waals surface area contributed by atoms with Crippen LogP contribution >= 0.6 is 11.6 Å². The molecule has 2 aromatic rings. The number of hydrogen-bond donors (Lipinski definition) is 3. The maximum Gasteiger partial charge on any atom is 0.148 e. The first-order valence-corrected chi connectivity index (χ1v) is 6.72. The number of anilines is 3. The summed E-state index contributed by atoms with van der Waals surface area (Å²) in [7, 11) is 0. The number of rotatable bonds is 4. The monoisotopic (exact) mass is 302 g/mol. The Labute approximate surface area is 127 Å². The normalized spacial score (nSPS) is 10.3. The Hall–Kier alpha value is -2.36. The number of hydrazine groups is 1. The van der Waals surface area contributed by atoms with E-state index in [9.17, 15) is 0 Å². The van der Waals surface area contributed by atoms with Crippen LogP contribution in [0.1, 0.15) is 30.9 Å². The molecule has 0 aliphatic rings. The molecule has 2 rings (SSSR count). The van der Waals surface area contributed by atoms with E-state index in [1.165, 1.54) is 6.33 Å². The molecule has 1 aromatic heterocycles. The van der Waals surface area contributed by atoms with Gasteiger partial charge in [-0.1, -0.05) is 25.4 Å². The summed E-state index contributed by atoms with van der Waals surface area (Å²) >= 11 is 5.99. The van der Waals surface area contributed by atoms with Crippen LogP contribution in [0.4, 0.5) is 17.3 Å². The van der Waals surface area contributed by atoms with E-state index < -0.39 is 0 Å². The van der Waals surface area contributed by atoms with Gasteiger partial charge < -0.3 is 10.7 Å². The first-order valence-electron chi connectivity index (χ1n) is 6.35. The minimum Gasteiger partial charge on any atom is -0.339 e. The lowest BCUT2D eigenvalue weighted by Gasteiger charge is -2.17. The molecule has 108 valence electrons. The number of nitrogens with two attached hydrogens (primary N) is 1. The van der Waals surface area contributed by atoms with Crippen molar-refractivity contribution in [2.24, 2.45) is 5.84 Å². The van der Waals surface area contributed by atoms with E-state index in [-0.39, 0.29) is 5.92 Å². The quantitative estimate of drug-likeness (QED) is 0.592. The van der Waals surface area contributed by atoms with Crippen LogP contribution < -0.4 is 16.6 Å². The summed E-state index contributed by atoms with van der Waals surface area (Å²) in [5.74, 6) is 6.77. The number of hydrogen-bond acceptors (Lipinski definition) is 6. The van der Waals surface area contributed by atoms with Gasteiger partial charge in [0.15, 0.2) is 0 Å². The first-order chi connectivity index (χ1) is 10.1. The molecule has 7 heteroatoms. The Bertz CT molecular complexity index is 692. The van der Waals surface area contributed by atoms with Crippen LogP contribution in [0.25, 0.3) is 0 Å². The summed E-state index contributed by atoms with van der Waals surface area (Å²) in [5.41, 5.74) is 4.47. The molecule has 0 fully saturated rings. The summed E-state index contributed by atoms with van der Waals surface area (Å²) in [6.07, 6.45) is 1.40. The fourth-order valence-corrected chi connectivity index (χ4v) is 2.17. The van der Waals surface area contributed by atoms with E-state index in [2.05, 4.69) is 26.8 Å². The molecule has 1 heterocycles. The first kappa shape index (κ1) is 15.0. The predicted octanol–water partition coefficient (Wildman–Crippen LogP) is 3.15. The lowest BCUT2D eigenvalue weighted by atomic mass is 10.0. The summed E-state index contributed by atoms with van der Waals surface area (Å²) in [5, 5.41) is 12.8. The van der Waals surface area contributed by atoms with Crippen molar-refractivity contribution in [2.75, 3.05) is 10.7 Å². The van der Waals surface area contributed by atoms with Gasteiger partial charge in [-0.2, -0.15) is 5.26 Å². The second-order valence-electron chi connectivity index (χ2n) is 4.71. The molecule has 21 heavy (non-hydrogen) atoms. The SMILES string of the molecule is CC(C)c1c(NN)ncnc1Nc1cc(Cl)ccc1C#N. The van der Waals surface area contributed by atoms with Crippen LogP contribution in [0.5, 0.6) is 0 Å². The Kier molecular flexibility index (Phi) is 4.58. The number of benzene rings is 1. The number of nitrogens with one attached hydrogen (secondary N) is 2. The zero-order chi connectivity index (χ0) is 15.4. The highest BCUT2D eigenvalue weighted by Crippen LogP contribution is 2.31. The number of nitrogen functional groups attached to an aromatic ring is 1. The molecule has 0 amide bonds. The molecule has 0 saturated carbocycles. The lowest BCUT2D eigenvalue weighted by Crippen LogP contribution is -2.14. The topological polar surface area (TPSA) is 99.7 Å². The predicted molar refractivity (Wildman–Crippen MR) is 83.4 cm³/mol. The summed E-state index contributed by atoms with van der Waals surface area (Å²) in [4.78, 5) is 8.34. The largest absolute Gasteiger partial charge is 0.339 e. The maximum absolute atomic E-state index is 9.17. The van der Waals surface area contributed by atoms with Gasteiger partial charge in [0.1, 0.15) is 24.0 Å². The highest BCUT2D eigenvalue weighted by Gasteiger charge is 2.15. The second kappa shape index (κ2) is 6.39. The molecule has 4 N–H and O–H groups in total. The van der Waals surface area contributed by atoms with Crippen LogP contribution in [0.15, 0.2) is 24.5 Å². The molecule has 0 spiro atoms. The van der Waals surface area contributed by atoms with Crippen molar-refractivity contribution in [1.29, 1.82) is 5.26 Å². The molecule has 0 aliphatic heterocycles. The van der Waals surface area contributed by atoms with Crippen molar-refractivity contribution >= 4 is 28.9 Å². The Morgan fingerprint density at radius 3 is 2.62 bits per heavy atom. The van der Waals surface area contributed by atoms with E-state index in [0.29, 0.717) is 27.9 Å². The molecule has 6 nitrogen and oxygen atoms in total. The van der Waals surface area contributed by atoms with Crippen LogP contribution in [0.2, 0.25) is 5.02 Å². The second-order valence-corrected chi connectivity index (χ2v) is 5.15. The molecule has 1 aromatic carbocycles. The average Bonchev–Trinajstić information content (AvgIpc) is 2.47. The third-order valence-electron chi connectivity index (χ3n) is 2.95. The summed E-state index contributed by atoms with van der Waals surface area (Å²) in [6, 6.07) is 7.12. The van der Waals surface area contributed by atoms with Gasteiger partial charge in [-0.25, -0.2) is 15.8 Å². The van der Waals surface area contributed by atoms with Crippen molar-refractivity contribution in [1.82, 2.24) is 9.97 Å². The van der Waals surface area contributed by atoms with E-state index in [1.807, 2.05) is 13.8 Å². The van der Waals surface area contributed by atoms with Gasteiger partial charge in [0, 0.05) is 10.6 Å². The van der Waals surface area contributed by atoms with Crippen molar-refractivity contribution in [3.05, 3.63) is 40.7 Å². The molecule has 0 unspecified atom stereocenters. The van der Waals surface area contributed by atoms with Crippen LogP contribution in [-0.2, 0) is 0 Å². The number of nitriles is 1. The number of nitrogens with zero attached hydrogens (tertiary/aromatic N) is 3. The van der Waals surface area contributed by atoms with Gasteiger partial charge >= 0.3 is 0 Å². The van der Waals surface area contributed by atoms with Gasteiger partial charge in [-0.15, -0.1) is 0 Å². The fraction of sp³-hybridized carbons (Fsp3) is 0.214. The van der Waals surface area contributed by atoms with Gasteiger partial charge in [-0.05, 0) is 24.1 Å². The minimum absolute atomic E-state index is 0.143. The number of halogens is 1. The standard InChI is InChI=1S/C14H15ClN6/c1-8(2)12-13(18-7-19-14(12)21-17)20-11-5-10(15)4-3-9(11)6-16/h3-5,7-8H,17H2,1-2H3,(H2,18,19,20,21). The highest BCUT2D eigenvalue weighted by molar-refractivity contribution is 6.30. The molecular weight excluding hydrogens is 288 g/mol. The third-order valence-corrected chi connectivity index (χ3v) is 3.19. The zero-order valence-corrected chi connectivity index (χ0v) is 12.4. The molecule has 0 bridgehead atoms. The van der Waals surface area contributed by atoms with Crippen molar-refractivity contribution in [3.8, 4) is 6.07 Å². The van der Waals surface area contributed by atoms with E-state index in [4.69, 9.17) is 22.7 Å². The average molecular weight is 303 g/mol. The maximum atomic E-state index is 9.17. The number of aromatic nitrogens is 2. The van der Waals surface area contributed by atoms with Gasteiger partial charge in [0.2, 0.25) is 0 Å². The fourth-order valence-electron chi connectivity index (χ4n) is 2.00. The molecule has 0 radical (unpaired) electrons. The van der Waals surface area contributed by atoms with Crippen LogP contribution in [-0.4, -0.2) is 9.97 Å².